The number of nitrogens with one attached hydrogen (secondary N) is 2. The third-order valence-corrected chi connectivity index (χ3v) is 5.99. The van der Waals surface area contributed by atoms with E-state index >= 15 is 0 Å². The normalized spacial score (nSPS) is 22.4. The summed E-state index contributed by atoms with van der Waals surface area (Å²) in [5.74, 6) is 0.147. The third kappa shape index (κ3) is 3.40. The van der Waals surface area contributed by atoms with Gasteiger partial charge in [-0.05, 0) is 43.4 Å². The first kappa shape index (κ1) is 18.2. The minimum absolute atomic E-state index is 0.147. The summed E-state index contributed by atoms with van der Waals surface area (Å²) in [7, 11) is 0. The summed E-state index contributed by atoms with van der Waals surface area (Å²) in [6.07, 6.45) is 1.84. The molecule has 1 heterocycles. The fourth-order valence-corrected chi connectivity index (χ4v) is 4.85. The molecule has 1 amide bonds. The standard InChI is InChI=1S/C23H29N3O/c1-17-13-18(2)15-19(14-17)16-25-22(27)23(26-11-9-24-10-12-26)8-7-20-5-3-4-6-21(20)23/h3-6,13-15,24H,7-12,16H2,1-2H3,(H,25,27). The van der Waals surface area contributed by atoms with E-state index in [0.717, 1.165) is 39.0 Å². The number of amides is 1. The van der Waals surface area contributed by atoms with Crippen molar-refractivity contribution in [2.24, 2.45) is 0 Å². The van der Waals surface area contributed by atoms with E-state index in [2.05, 4.69) is 71.8 Å². The maximum atomic E-state index is 13.6. The van der Waals surface area contributed by atoms with E-state index in [1.165, 1.54) is 27.8 Å². The van der Waals surface area contributed by atoms with Crippen LogP contribution >= 0.6 is 0 Å². The van der Waals surface area contributed by atoms with Crippen molar-refractivity contribution in [3.63, 3.8) is 0 Å². The van der Waals surface area contributed by atoms with Gasteiger partial charge in [0.2, 0.25) is 5.91 Å². The topological polar surface area (TPSA) is 44.4 Å². The van der Waals surface area contributed by atoms with Crippen LogP contribution in [0.2, 0.25) is 0 Å². The maximum absolute atomic E-state index is 13.6. The fourth-order valence-electron chi connectivity index (χ4n) is 4.85. The van der Waals surface area contributed by atoms with Crippen molar-refractivity contribution in [2.45, 2.75) is 38.8 Å². The lowest BCUT2D eigenvalue weighted by Crippen LogP contribution is -2.60. The number of hydrogen-bond acceptors (Lipinski definition) is 3. The van der Waals surface area contributed by atoms with Crippen LogP contribution < -0.4 is 10.6 Å². The van der Waals surface area contributed by atoms with Gasteiger partial charge in [0.05, 0.1) is 0 Å². The summed E-state index contributed by atoms with van der Waals surface area (Å²) in [5, 5.41) is 6.69. The van der Waals surface area contributed by atoms with Crippen LogP contribution in [0.25, 0.3) is 0 Å². The Labute approximate surface area is 162 Å². The molecular weight excluding hydrogens is 334 g/mol. The molecule has 4 rings (SSSR count). The van der Waals surface area contributed by atoms with E-state index < -0.39 is 5.54 Å². The number of rotatable bonds is 4. The molecule has 1 aliphatic carbocycles. The van der Waals surface area contributed by atoms with E-state index in [-0.39, 0.29) is 5.91 Å². The smallest absolute Gasteiger partial charge is 0.245 e. The van der Waals surface area contributed by atoms with Gasteiger partial charge < -0.3 is 10.6 Å². The summed E-state index contributed by atoms with van der Waals surface area (Å²) in [6.45, 7) is 8.48. The lowest BCUT2D eigenvalue weighted by molar-refractivity contribution is -0.135. The first-order valence-electron chi connectivity index (χ1n) is 9.99. The van der Waals surface area contributed by atoms with Crippen LogP contribution in [0.1, 0.15) is 34.2 Å². The monoisotopic (exact) mass is 363 g/mol. The molecule has 2 N–H and O–H groups in total. The molecule has 0 aromatic heterocycles. The molecule has 2 aromatic carbocycles. The van der Waals surface area contributed by atoms with Gasteiger partial charge in [0.15, 0.2) is 0 Å². The quantitative estimate of drug-likeness (QED) is 0.878. The van der Waals surface area contributed by atoms with Crippen molar-refractivity contribution in [1.29, 1.82) is 0 Å². The average molecular weight is 364 g/mol. The van der Waals surface area contributed by atoms with Crippen LogP contribution in [-0.2, 0) is 23.3 Å². The van der Waals surface area contributed by atoms with Crippen LogP contribution in [0.15, 0.2) is 42.5 Å². The van der Waals surface area contributed by atoms with Gasteiger partial charge in [0.1, 0.15) is 5.54 Å². The van der Waals surface area contributed by atoms with Gasteiger partial charge in [0.25, 0.3) is 0 Å². The van der Waals surface area contributed by atoms with E-state index in [9.17, 15) is 4.79 Å². The molecule has 1 aliphatic heterocycles. The van der Waals surface area contributed by atoms with Gasteiger partial charge in [-0.1, -0.05) is 53.6 Å². The molecule has 0 spiro atoms. The molecule has 2 aliphatic rings. The number of nitrogens with zero attached hydrogens (tertiary/aromatic N) is 1. The lowest BCUT2D eigenvalue weighted by Gasteiger charge is -2.43. The zero-order valence-electron chi connectivity index (χ0n) is 16.3. The average Bonchev–Trinajstić information content (AvgIpc) is 3.07. The molecule has 0 saturated carbocycles. The van der Waals surface area contributed by atoms with Crippen LogP contribution in [0, 0.1) is 13.8 Å². The molecule has 27 heavy (non-hydrogen) atoms. The highest BCUT2D eigenvalue weighted by Gasteiger charge is 2.49. The number of aryl methyl sites for hydroxylation is 3. The minimum Gasteiger partial charge on any atom is -0.350 e. The van der Waals surface area contributed by atoms with Crippen molar-refractivity contribution < 1.29 is 4.79 Å². The second kappa shape index (κ2) is 7.45. The second-order valence-electron chi connectivity index (χ2n) is 7.93. The molecule has 2 aromatic rings. The van der Waals surface area contributed by atoms with Gasteiger partial charge in [-0.2, -0.15) is 0 Å². The number of carbonyl (C=O) groups is 1. The number of piperazine rings is 1. The molecule has 4 heteroatoms. The Morgan fingerprint density at radius 1 is 1.11 bits per heavy atom. The molecule has 1 saturated heterocycles. The third-order valence-electron chi connectivity index (χ3n) is 5.99. The van der Waals surface area contributed by atoms with E-state index in [1.807, 2.05) is 0 Å². The summed E-state index contributed by atoms with van der Waals surface area (Å²) < 4.78 is 0. The summed E-state index contributed by atoms with van der Waals surface area (Å²) in [6, 6.07) is 15.0. The molecular formula is C23H29N3O. The Kier molecular flexibility index (Phi) is 5.02. The van der Waals surface area contributed by atoms with Gasteiger partial charge in [-0.25, -0.2) is 0 Å². The van der Waals surface area contributed by atoms with Crippen molar-refractivity contribution >= 4 is 5.91 Å². The van der Waals surface area contributed by atoms with Crippen molar-refractivity contribution in [3.8, 4) is 0 Å². The molecule has 1 unspecified atom stereocenters. The molecule has 1 fully saturated rings. The zero-order chi connectivity index (χ0) is 18.9. The van der Waals surface area contributed by atoms with Crippen LogP contribution in [-0.4, -0.2) is 37.0 Å². The highest BCUT2D eigenvalue weighted by Crippen LogP contribution is 2.42. The predicted octanol–water partition coefficient (Wildman–Crippen LogP) is 2.67. The SMILES string of the molecule is Cc1cc(C)cc(CNC(=O)C2(N3CCNCC3)CCc3ccccc32)c1. The van der Waals surface area contributed by atoms with Crippen molar-refractivity contribution in [1.82, 2.24) is 15.5 Å². The summed E-state index contributed by atoms with van der Waals surface area (Å²) >= 11 is 0. The van der Waals surface area contributed by atoms with Gasteiger partial charge in [-0.15, -0.1) is 0 Å². The molecule has 142 valence electrons. The number of hydrogen-bond donors (Lipinski definition) is 2. The van der Waals surface area contributed by atoms with E-state index in [4.69, 9.17) is 0 Å². The highest BCUT2D eigenvalue weighted by molar-refractivity contribution is 5.89. The minimum atomic E-state index is -0.530. The second-order valence-corrected chi connectivity index (χ2v) is 7.93. The van der Waals surface area contributed by atoms with Crippen molar-refractivity contribution in [2.75, 3.05) is 26.2 Å². The fraction of sp³-hybridized carbons (Fsp3) is 0.435. The Bertz CT molecular complexity index is 821. The predicted molar refractivity (Wildman–Crippen MR) is 109 cm³/mol. The Balaban J connectivity index is 1.62. The Morgan fingerprint density at radius 2 is 1.81 bits per heavy atom. The largest absolute Gasteiger partial charge is 0.350 e. The molecule has 4 nitrogen and oxygen atoms in total. The highest BCUT2D eigenvalue weighted by atomic mass is 16.2. The van der Waals surface area contributed by atoms with Crippen molar-refractivity contribution in [3.05, 3.63) is 70.3 Å². The van der Waals surface area contributed by atoms with Gasteiger partial charge in [0, 0.05) is 32.7 Å². The van der Waals surface area contributed by atoms with Crippen LogP contribution in [0.5, 0.6) is 0 Å². The van der Waals surface area contributed by atoms with Gasteiger partial charge >= 0.3 is 0 Å². The lowest BCUT2D eigenvalue weighted by atomic mass is 9.87. The van der Waals surface area contributed by atoms with E-state index in [1.54, 1.807) is 0 Å². The maximum Gasteiger partial charge on any atom is 0.245 e. The van der Waals surface area contributed by atoms with Gasteiger partial charge in [-0.3, -0.25) is 9.69 Å². The van der Waals surface area contributed by atoms with Crippen LogP contribution in [0.4, 0.5) is 0 Å². The summed E-state index contributed by atoms with van der Waals surface area (Å²) in [4.78, 5) is 16.0. The number of fused-ring (bicyclic) bond motifs is 1. The molecule has 0 bridgehead atoms. The molecule has 0 radical (unpaired) electrons. The van der Waals surface area contributed by atoms with Crippen LogP contribution in [0.3, 0.4) is 0 Å². The first-order chi connectivity index (χ1) is 13.1. The molecule has 1 atom stereocenters. The Hall–Kier alpha value is -2.17. The number of benzene rings is 2. The number of carbonyl (C=O) groups excluding carboxylic acids is 1. The Morgan fingerprint density at radius 3 is 2.56 bits per heavy atom. The zero-order valence-corrected chi connectivity index (χ0v) is 16.3. The van der Waals surface area contributed by atoms with E-state index in [0.29, 0.717) is 6.54 Å². The summed E-state index contributed by atoms with van der Waals surface area (Å²) in [5.41, 5.74) is 5.63. The first-order valence-corrected chi connectivity index (χ1v) is 9.99.